The smallest absolute Gasteiger partial charge is 0.325 e. The third-order valence-corrected chi connectivity index (χ3v) is 2.84. The molecule has 102 valence electrons. The Morgan fingerprint density at radius 3 is 2.50 bits per heavy atom. The van der Waals surface area contributed by atoms with Gasteiger partial charge in [-0.2, -0.15) is 5.10 Å². The Labute approximate surface area is 112 Å². The van der Waals surface area contributed by atoms with Crippen molar-refractivity contribution in [2.75, 3.05) is 0 Å². The Balaban J connectivity index is 2.77. The predicted octanol–water partition coefficient (Wildman–Crippen LogP) is 2.07. The van der Waals surface area contributed by atoms with Gasteiger partial charge >= 0.3 is 5.97 Å². The van der Waals surface area contributed by atoms with Crippen molar-refractivity contribution in [3.05, 3.63) is 16.9 Å². The largest absolute Gasteiger partial charge is 0.459 e. The molecule has 0 amide bonds. The molecule has 2 unspecified atom stereocenters. The van der Waals surface area contributed by atoms with Gasteiger partial charge in [-0.05, 0) is 34.6 Å². The van der Waals surface area contributed by atoms with Gasteiger partial charge in [-0.1, -0.05) is 11.6 Å². The molecule has 0 aliphatic carbocycles. The average molecular weight is 274 g/mol. The van der Waals surface area contributed by atoms with Crippen molar-refractivity contribution < 1.29 is 9.53 Å². The minimum atomic E-state index is -0.778. The Hall–Kier alpha value is -1.07. The molecule has 1 aromatic heterocycles. The molecule has 0 saturated heterocycles. The van der Waals surface area contributed by atoms with E-state index in [4.69, 9.17) is 22.1 Å². The van der Waals surface area contributed by atoms with Crippen molar-refractivity contribution in [3.63, 3.8) is 0 Å². The highest BCUT2D eigenvalue weighted by Gasteiger charge is 2.28. The van der Waals surface area contributed by atoms with Crippen molar-refractivity contribution in [1.82, 2.24) is 9.78 Å². The van der Waals surface area contributed by atoms with Crippen LogP contribution in [0.4, 0.5) is 0 Å². The number of hydrogen-bond donors (Lipinski definition) is 1. The maximum absolute atomic E-state index is 11.8. The zero-order valence-corrected chi connectivity index (χ0v) is 12.2. The first-order valence-corrected chi connectivity index (χ1v) is 6.19. The van der Waals surface area contributed by atoms with Crippen molar-refractivity contribution >= 4 is 17.6 Å². The summed E-state index contributed by atoms with van der Waals surface area (Å²) >= 11 is 5.92. The fourth-order valence-corrected chi connectivity index (χ4v) is 1.54. The van der Waals surface area contributed by atoms with E-state index >= 15 is 0 Å². The van der Waals surface area contributed by atoms with Gasteiger partial charge in [0.15, 0.2) is 0 Å². The van der Waals surface area contributed by atoms with Gasteiger partial charge in [0, 0.05) is 6.20 Å². The third kappa shape index (κ3) is 3.71. The molecule has 1 aromatic rings. The number of esters is 1. The summed E-state index contributed by atoms with van der Waals surface area (Å²) in [6.45, 7) is 9.01. The highest BCUT2D eigenvalue weighted by atomic mass is 35.5. The zero-order valence-electron chi connectivity index (χ0n) is 11.4. The number of nitrogens with two attached hydrogens (primary N) is 1. The van der Waals surface area contributed by atoms with Gasteiger partial charge in [-0.15, -0.1) is 0 Å². The normalized spacial score (nSPS) is 15.3. The Morgan fingerprint density at radius 2 is 2.11 bits per heavy atom. The molecule has 0 aliphatic rings. The molecule has 0 radical (unpaired) electrons. The number of carbonyl (C=O) groups is 1. The zero-order chi connectivity index (χ0) is 14.1. The van der Waals surface area contributed by atoms with E-state index in [0.29, 0.717) is 10.7 Å². The van der Waals surface area contributed by atoms with E-state index in [-0.39, 0.29) is 6.04 Å². The number of ether oxygens (including phenoxy) is 1. The van der Waals surface area contributed by atoms with Crippen LogP contribution in [0.15, 0.2) is 6.20 Å². The number of halogens is 1. The van der Waals surface area contributed by atoms with Gasteiger partial charge in [-0.25, -0.2) is 0 Å². The van der Waals surface area contributed by atoms with E-state index in [1.807, 2.05) is 0 Å². The highest BCUT2D eigenvalue weighted by molar-refractivity contribution is 6.31. The Morgan fingerprint density at radius 1 is 1.56 bits per heavy atom. The lowest BCUT2D eigenvalue weighted by molar-refractivity contribution is -0.157. The summed E-state index contributed by atoms with van der Waals surface area (Å²) in [7, 11) is 0. The second-order valence-corrected chi connectivity index (χ2v) is 5.75. The molecule has 0 spiro atoms. The Bertz CT molecular complexity index is 418. The molecule has 1 heterocycles. The molecule has 18 heavy (non-hydrogen) atoms. The predicted molar refractivity (Wildman–Crippen MR) is 70.5 cm³/mol. The second kappa shape index (κ2) is 5.28. The van der Waals surface area contributed by atoms with Gasteiger partial charge in [0.25, 0.3) is 0 Å². The molecular weight excluding hydrogens is 254 g/mol. The summed E-state index contributed by atoms with van der Waals surface area (Å²) < 4.78 is 6.83. The van der Waals surface area contributed by atoms with Crippen LogP contribution in [0.1, 0.15) is 39.4 Å². The average Bonchev–Trinajstić information content (AvgIpc) is 2.54. The van der Waals surface area contributed by atoms with Gasteiger partial charge < -0.3 is 10.5 Å². The van der Waals surface area contributed by atoms with E-state index in [0.717, 1.165) is 0 Å². The Kier molecular flexibility index (Phi) is 4.40. The second-order valence-electron chi connectivity index (χ2n) is 5.34. The van der Waals surface area contributed by atoms with Crippen molar-refractivity contribution in [2.24, 2.45) is 5.73 Å². The minimum absolute atomic E-state index is 0.314. The molecule has 1 rings (SSSR count). The first-order valence-electron chi connectivity index (χ1n) is 5.81. The van der Waals surface area contributed by atoms with Crippen molar-refractivity contribution in [3.8, 4) is 0 Å². The van der Waals surface area contributed by atoms with Crippen LogP contribution in [0.3, 0.4) is 0 Å². The summed E-state index contributed by atoms with van der Waals surface area (Å²) in [5.74, 6) is -0.445. The topological polar surface area (TPSA) is 70.1 Å². The summed E-state index contributed by atoms with van der Waals surface area (Å²) in [5, 5.41) is 4.76. The van der Waals surface area contributed by atoms with Crippen LogP contribution < -0.4 is 5.73 Å². The first-order chi connectivity index (χ1) is 8.11. The van der Waals surface area contributed by atoms with Crippen LogP contribution in [0.2, 0.25) is 5.02 Å². The molecule has 5 nitrogen and oxygen atoms in total. The van der Waals surface area contributed by atoms with Crippen LogP contribution in [-0.2, 0) is 9.53 Å². The fraction of sp³-hybridized carbons (Fsp3) is 0.667. The van der Waals surface area contributed by atoms with Crippen LogP contribution in [0.5, 0.6) is 0 Å². The van der Waals surface area contributed by atoms with Gasteiger partial charge in [0.2, 0.25) is 0 Å². The maximum Gasteiger partial charge on any atom is 0.325 e. The van der Waals surface area contributed by atoms with Crippen LogP contribution >= 0.6 is 11.6 Å². The standard InChI is InChI=1S/C12H20ClN3O2/c1-7-9(13)6-16(15-7)8(2)10(14)11(17)18-12(3,4)5/h6,8,10H,14H2,1-5H3. The molecular formula is C12H20ClN3O2. The summed E-state index contributed by atoms with van der Waals surface area (Å²) in [5.41, 5.74) is 6.04. The lowest BCUT2D eigenvalue weighted by Gasteiger charge is -2.25. The molecule has 2 N–H and O–H groups in total. The van der Waals surface area contributed by atoms with Gasteiger partial charge in [-0.3, -0.25) is 9.48 Å². The number of rotatable bonds is 3. The first kappa shape index (κ1) is 15.0. The van der Waals surface area contributed by atoms with E-state index in [1.165, 1.54) is 0 Å². The number of aryl methyl sites for hydroxylation is 1. The van der Waals surface area contributed by atoms with Crippen LogP contribution in [0, 0.1) is 6.92 Å². The summed E-state index contributed by atoms with van der Waals surface area (Å²) in [4.78, 5) is 11.8. The van der Waals surface area contributed by atoms with E-state index in [2.05, 4.69) is 5.10 Å². The molecule has 0 saturated carbocycles. The number of carbonyl (C=O) groups excluding carboxylic acids is 1. The minimum Gasteiger partial charge on any atom is -0.459 e. The third-order valence-electron chi connectivity index (χ3n) is 2.47. The molecule has 0 aliphatic heterocycles. The van der Waals surface area contributed by atoms with Crippen LogP contribution in [-0.4, -0.2) is 27.4 Å². The molecule has 0 aromatic carbocycles. The van der Waals surface area contributed by atoms with E-state index < -0.39 is 17.6 Å². The fourth-order valence-electron chi connectivity index (χ4n) is 1.40. The number of aromatic nitrogens is 2. The van der Waals surface area contributed by atoms with Crippen molar-refractivity contribution in [2.45, 2.75) is 52.3 Å². The van der Waals surface area contributed by atoms with E-state index in [9.17, 15) is 4.79 Å². The SMILES string of the molecule is Cc1nn(C(C)C(N)C(=O)OC(C)(C)C)cc1Cl. The lowest BCUT2D eigenvalue weighted by Crippen LogP contribution is -2.42. The molecule has 2 atom stereocenters. The molecule has 6 heteroatoms. The van der Waals surface area contributed by atoms with Crippen molar-refractivity contribution in [1.29, 1.82) is 0 Å². The van der Waals surface area contributed by atoms with E-state index in [1.54, 1.807) is 45.5 Å². The lowest BCUT2D eigenvalue weighted by atomic mass is 10.1. The van der Waals surface area contributed by atoms with Gasteiger partial charge in [0.05, 0.1) is 16.8 Å². The van der Waals surface area contributed by atoms with Gasteiger partial charge in [0.1, 0.15) is 11.6 Å². The number of nitrogens with zero attached hydrogens (tertiary/aromatic N) is 2. The summed E-state index contributed by atoms with van der Waals surface area (Å²) in [6.07, 6.45) is 1.66. The quantitative estimate of drug-likeness (QED) is 0.856. The molecule has 0 fully saturated rings. The monoisotopic (exact) mass is 273 g/mol. The number of hydrogen-bond acceptors (Lipinski definition) is 4. The summed E-state index contributed by atoms with van der Waals surface area (Å²) in [6, 6.07) is -1.09. The highest BCUT2D eigenvalue weighted by Crippen LogP contribution is 2.19. The molecule has 0 bridgehead atoms. The van der Waals surface area contributed by atoms with Crippen LogP contribution in [0.25, 0.3) is 0 Å². The maximum atomic E-state index is 11.8.